The van der Waals surface area contributed by atoms with Gasteiger partial charge in [0.05, 0.1) is 11.4 Å². The third-order valence-corrected chi connectivity index (χ3v) is 5.59. The molecule has 0 saturated carbocycles. The summed E-state index contributed by atoms with van der Waals surface area (Å²) in [6, 6.07) is 23.5. The van der Waals surface area contributed by atoms with Crippen LogP contribution in [0.5, 0.6) is 5.75 Å². The molecular formula is C25H19N3O3. The van der Waals surface area contributed by atoms with Crippen LogP contribution in [0.25, 0.3) is 10.9 Å². The zero-order valence-electron chi connectivity index (χ0n) is 16.5. The lowest BCUT2D eigenvalue weighted by Gasteiger charge is -2.19. The number of fused-ring (bicyclic) bond motifs is 2. The van der Waals surface area contributed by atoms with Crippen molar-refractivity contribution in [2.24, 2.45) is 0 Å². The number of anilines is 2. The Balaban J connectivity index is 1.27. The number of ketones is 1. The van der Waals surface area contributed by atoms with Crippen LogP contribution in [0.2, 0.25) is 0 Å². The number of aromatic amines is 1. The van der Waals surface area contributed by atoms with Crippen molar-refractivity contribution in [3.63, 3.8) is 0 Å². The Morgan fingerprint density at radius 1 is 0.903 bits per heavy atom. The molecule has 0 bridgehead atoms. The monoisotopic (exact) mass is 409 g/mol. The van der Waals surface area contributed by atoms with E-state index >= 15 is 0 Å². The maximum absolute atomic E-state index is 13.2. The van der Waals surface area contributed by atoms with Crippen molar-refractivity contribution in [1.29, 1.82) is 0 Å². The first-order valence-electron chi connectivity index (χ1n) is 10.1. The number of carbonyl (C=O) groups excluding carboxylic acids is 1. The first kappa shape index (κ1) is 17.7. The van der Waals surface area contributed by atoms with E-state index in [0.717, 1.165) is 39.2 Å². The summed E-state index contributed by atoms with van der Waals surface area (Å²) in [6.45, 7) is 0.442. The quantitative estimate of drug-likeness (QED) is 0.438. The molecule has 3 N–H and O–H groups in total. The number of ether oxygens (including phenoxy) is 2. The molecule has 0 saturated heterocycles. The zero-order chi connectivity index (χ0) is 20.8. The number of Topliss-reactive ketones (excluding diaryl/α,β-unsaturated/α-hetero) is 1. The van der Waals surface area contributed by atoms with Gasteiger partial charge in [0.1, 0.15) is 18.1 Å². The van der Waals surface area contributed by atoms with E-state index in [1.165, 1.54) is 0 Å². The molecule has 0 amide bonds. The third kappa shape index (κ3) is 3.00. The van der Waals surface area contributed by atoms with Gasteiger partial charge in [0.25, 0.3) is 0 Å². The van der Waals surface area contributed by atoms with Gasteiger partial charge in [-0.05, 0) is 42.0 Å². The molecule has 0 fully saturated rings. The first-order chi connectivity index (χ1) is 15.3. The summed E-state index contributed by atoms with van der Waals surface area (Å²) in [6.07, 6.45) is 1.14. The Morgan fingerprint density at radius 2 is 1.68 bits per heavy atom. The van der Waals surface area contributed by atoms with E-state index in [4.69, 9.17) is 9.47 Å². The van der Waals surface area contributed by atoms with Crippen molar-refractivity contribution >= 4 is 28.1 Å². The van der Waals surface area contributed by atoms with Crippen molar-refractivity contribution in [1.82, 2.24) is 4.98 Å². The number of H-pyrrole nitrogens is 1. The highest BCUT2D eigenvalue weighted by Gasteiger charge is 2.40. The molecule has 6 nitrogen and oxygen atoms in total. The molecule has 3 heterocycles. The van der Waals surface area contributed by atoms with Gasteiger partial charge < -0.3 is 25.1 Å². The van der Waals surface area contributed by atoms with Gasteiger partial charge in [-0.25, -0.2) is 0 Å². The highest BCUT2D eigenvalue weighted by atomic mass is 16.5. The fraction of sp³-hybridized carbons (Fsp3) is 0.0800. The van der Waals surface area contributed by atoms with Crippen LogP contribution >= 0.6 is 0 Å². The third-order valence-electron chi connectivity index (χ3n) is 5.59. The van der Waals surface area contributed by atoms with Gasteiger partial charge in [0, 0.05) is 22.7 Å². The fourth-order valence-electron chi connectivity index (χ4n) is 4.03. The molecule has 3 aromatic carbocycles. The van der Waals surface area contributed by atoms with Crippen molar-refractivity contribution in [3.8, 4) is 5.75 Å². The molecule has 1 aromatic heterocycles. The van der Waals surface area contributed by atoms with E-state index < -0.39 is 6.10 Å². The summed E-state index contributed by atoms with van der Waals surface area (Å²) in [5.74, 6) is 1.19. The van der Waals surface area contributed by atoms with Crippen LogP contribution in [0.3, 0.4) is 0 Å². The molecule has 0 spiro atoms. The van der Waals surface area contributed by atoms with Gasteiger partial charge in [-0.2, -0.15) is 0 Å². The Morgan fingerprint density at radius 3 is 2.52 bits per heavy atom. The summed E-state index contributed by atoms with van der Waals surface area (Å²) in [5.41, 5.74) is 4.98. The molecule has 4 aromatic rings. The number of benzene rings is 3. The standard InChI is InChI=1S/C25H19N3O3/c29-23-22-25(28-21-9-5-4-8-20(21)27-22)31-24(23)18-13-26-19-11-10-15(12-17(18)19)14-30-16-6-2-1-3-7-16/h1-13,24,26-28H,14H2/t24-/m1/s1. The number of rotatable bonds is 4. The molecule has 6 heteroatoms. The highest BCUT2D eigenvalue weighted by molar-refractivity contribution is 6.08. The molecule has 0 aliphatic carbocycles. The molecular weight excluding hydrogens is 390 g/mol. The Labute approximate surface area is 178 Å². The zero-order valence-corrected chi connectivity index (χ0v) is 16.5. The molecule has 6 rings (SSSR count). The second kappa shape index (κ2) is 6.95. The number of aromatic nitrogens is 1. The molecule has 2 aliphatic rings. The summed E-state index contributed by atoms with van der Waals surface area (Å²) in [4.78, 5) is 16.4. The van der Waals surface area contributed by atoms with Crippen molar-refractivity contribution in [2.75, 3.05) is 10.6 Å². The summed E-state index contributed by atoms with van der Waals surface area (Å²) >= 11 is 0. The minimum Gasteiger partial charge on any atom is -0.489 e. The first-order valence-corrected chi connectivity index (χ1v) is 10.1. The van der Waals surface area contributed by atoms with Crippen LogP contribution in [0.4, 0.5) is 11.4 Å². The van der Waals surface area contributed by atoms with Gasteiger partial charge in [0.2, 0.25) is 11.7 Å². The van der Waals surface area contributed by atoms with Gasteiger partial charge in [-0.15, -0.1) is 0 Å². The lowest BCUT2D eigenvalue weighted by atomic mass is 10.0. The lowest BCUT2D eigenvalue weighted by molar-refractivity contribution is -0.121. The highest BCUT2D eigenvalue weighted by Crippen LogP contribution is 2.41. The Bertz CT molecular complexity index is 1340. The molecule has 152 valence electrons. The normalized spacial score (nSPS) is 16.9. The average Bonchev–Trinajstić information content (AvgIpc) is 3.37. The maximum Gasteiger partial charge on any atom is 0.229 e. The second-order valence-corrected chi connectivity index (χ2v) is 7.59. The van der Waals surface area contributed by atoms with Gasteiger partial charge in [-0.3, -0.25) is 4.79 Å². The smallest absolute Gasteiger partial charge is 0.229 e. The largest absolute Gasteiger partial charge is 0.489 e. The fourth-order valence-corrected chi connectivity index (χ4v) is 4.03. The van der Waals surface area contributed by atoms with Crippen LogP contribution in [0.15, 0.2) is 90.6 Å². The SMILES string of the molecule is O=C1C2=C(Nc3ccccc3N2)O[C@@H]1c1c[nH]c2ccc(COc3ccccc3)cc12. The minimum absolute atomic E-state index is 0.0937. The predicted molar refractivity (Wildman–Crippen MR) is 119 cm³/mol. The summed E-state index contributed by atoms with van der Waals surface area (Å²) < 4.78 is 11.9. The number of hydrogen-bond acceptors (Lipinski definition) is 5. The number of hydrogen-bond donors (Lipinski definition) is 3. The van der Waals surface area contributed by atoms with E-state index in [-0.39, 0.29) is 5.78 Å². The van der Waals surface area contributed by atoms with Gasteiger partial charge >= 0.3 is 0 Å². The van der Waals surface area contributed by atoms with Crippen molar-refractivity contribution in [3.05, 3.63) is 102 Å². The Hall–Kier alpha value is -4.19. The number of para-hydroxylation sites is 3. The average molecular weight is 409 g/mol. The Kier molecular flexibility index (Phi) is 3.96. The predicted octanol–water partition coefficient (Wildman–Crippen LogP) is 5.09. The number of nitrogens with one attached hydrogen (secondary N) is 3. The van der Waals surface area contributed by atoms with Crippen molar-refractivity contribution in [2.45, 2.75) is 12.7 Å². The number of carbonyl (C=O) groups is 1. The van der Waals surface area contributed by atoms with Gasteiger partial charge in [-0.1, -0.05) is 36.4 Å². The van der Waals surface area contributed by atoms with E-state index in [2.05, 4.69) is 15.6 Å². The summed E-state index contributed by atoms with van der Waals surface area (Å²) in [7, 11) is 0. The minimum atomic E-state index is -0.710. The second-order valence-electron chi connectivity index (χ2n) is 7.59. The van der Waals surface area contributed by atoms with Crippen LogP contribution in [-0.4, -0.2) is 10.8 Å². The van der Waals surface area contributed by atoms with Crippen LogP contribution in [0, 0.1) is 0 Å². The lowest BCUT2D eigenvalue weighted by Crippen LogP contribution is -2.17. The molecule has 31 heavy (non-hydrogen) atoms. The van der Waals surface area contributed by atoms with Crippen LogP contribution in [0.1, 0.15) is 17.2 Å². The van der Waals surface area contributed by atoms with E-state index in [1.54, 1.807) is 0 Å². The maximum atomic E-state index is 13.2. The summed E-state index contributed by atoms with van der Waals surface area (Å²) in [5, 5.41) is 7.38. The van der Waals surface area contributed by atoms with E-state index in [1.807, 2.05) is 79.0 Å². The van der Waals surface area contributed by atoms with E-state index in [9.17, 15) is 4.79 Å². The van der Waals surface area contributed by atoms with E-state index in [0.29, 0.717) is 18.2 Å². The van der Waals surface area contributed by atoms with Crippen molar-refractivity contribution < 1.29 is 14.3 Å². The van der Waals surface area contributed by atoms with Crippen LogP contribution < -0.4 is 15.4 Å². The van der Waals surface area contributed by atoms with Crippen LogP contribution in [-0.2, 0) is 16.1 Å². The molecule has 1 atom stereocenters. The van der Waals surface area contributed by atoms with Gasteiger partial charge in [0.15, 0.2) is 6.10 Å². The molecule has 0 radical (unpaired) electrons. The molecule has 2 aliphatic heterocycles. The molecule has 0 unspecified atom stereocenters. The topological polar surface area (TPSA) is 75.4 Å².